The molecule has 0 bridgehead atoms. The molecule has 4 fully saturated rings. The number of rotatable bonds is 3. The molecule has 4 rings (SSSR count). The maximum Gasteiger partial charge on any atom is 0.139 e. The highest BCUT2D eigenvalue weighted by Gasteiger charge is 2.65. The Morgan fingerprint density at radius 2 is 1.85 bits per heavy atom. The lowest BCUT2D eigenvalue weighted by Crippen LogP contribution is -2.61. The van der Waals surface area contributed by atoms with Gasteiger partial charge in [0.25, 0.3) is 0 Å². The highest BCUT2D eigenvalue weighted by atomic mass is 16.5. The number of fused-ring (bicyclic) bond motifs is 5. The van der Waals surface area contributed by atoms with E-state index in [9.17, 15) is 9.90 Å². The minimum absolute atomic E-state index is 0.00699. The van der Waals surface area contributed by atoms with Crippen LogP contribution in [0.4, 0.5) is 0 Å². The smallest absolute Gasteiger partial charge is 0.139 e. The number of ketones is 1. The zero-order valence-electron chi connectivity index (χ0n) is 16.7. The van der Waals surface area contributed by atoms with E-state index in [-0.39, 0.29) is 29.0 Å². The van der Waals surface area contributed by atoms with Crippen molar-refractivity contribution in [3.05, 3.63) is 0 Å². The van der Waals surface area contributed by atoms with Gasteiger partial charge in [0.15, 0.2) is 0 Å². The lowest BCUT2D eigenvalue weighted by molar-refractivity contribution is -0.199. The molecule has 0 spiro atoms. The Morgan fingerprint density at radius 1 is 1.08 bits per heavy atom. The van der Waals surface area contributed by atoms with Crippen LogP contribution in [-0.2, 0) is 9.53 Å². The topological polar surface area (TPSA) is 66.8 Å². The number of aliphatic hydroxyl groups excluding tert-OH is 2. The number of hydrogen-bond acceptors (Lipinski definition) is 4. The van der Waals surface area contributed by atoms with Crippen LogP contribution < -0.4 is 0 Å². The second-order valence-electron chi connectivity index (χ2n) is 10.4. The lowest BCUT2D eigenvalue weighted by atomic mass is 9.39. The number of carbonyl (C=O) groups excluding carboxylic acids is 1. The van der Waals surface area contributed by atoms with E-state index in [1.807, 2.05) is 0 Å². The molecule has 0 aliphatic heterocycles. The predicted molar refractivity (Wildman–Crippen MR) is 99.6 cm³/mol. The second kappa shape index (κ2) is 6.28. The number of ether oxygens (including phenoxy) is 1. The Bertz CT molecular complexity index is 576. The number of aliphatic hydroxyl groups is 2. The summed E-state index contributed by atoms with van der Waals surface area (Å²) in [6.45, 7) is 7.45. The highest BCUT2D eigenvalue weighted by Crippen LogP contribution is 2.70. The van der Waals surface area contributed by atoms with Crippen LogP contribution in [0.3, 0.4) is 0 Å². The Labute approximate surface area is 157 Å². The van der Waals surface area contributed by atoms with E-state index in [1.165, 1.54) is 6.42 Å². The highest BCUT2D eigenvalue weighted by molar-refractivity contribution is 5.87. The summed E-state index contributed by atoms with van der Waals surface area (Å²) in [6.07, 6.45) is 7.48. The molecule has 0 radical (unpaired) electrons. The van der Waals surface area contributed by atoms with Crippen LogP contribution in [0.15, 0.2) is 0 Å². The van der Waals surface area contributed by atoms with E-state index in [1.54, 1.807) is 0 Å². The summed E-state index contributed by atoms with van der Waals surface area (Å²) in [5.74, 6) is 2.16. The van der Waals surface area contributed by atoms with Gasteiger partial charge in [-0.15, -0.1) is 0 Å². The van der Waals surface area contributed by atoms with Gasteiger partial charge in [-0.3, -0.25) is 4.79 Å². The van der Waals surface area contributed by atoms with Crippen LogP contribution in [-0.4, -0.2) is 41.4 Å². The van der Waals surface area contributed by atoms with Gasteiger partial charge in [-0.1, -0.05) is 20.8 Å². The van der Waals surface area contributed by atoms with Crippen molar-refractivity contribution in [2.45, 2.75) is 84.3 Å². The molecule has 2 N–H and O–H groups in total. The second-order valence-corrected chi connectivity index (χ2v) is 10.4. The van der Waals surface area contributed by atoms with Gasteiger partial charge in [-0.25, -0.2) is 0 Å². The molecule has 4 aliphatic rings. The fraction of sp³-hybridized carbons (Fsp3) is 0.955. The van der Waals surface area contributed by atoms with Crippen molar-refractivity contribution < 1.29 is 19.7 Å². The minimum Gasteiger partial charge on any atom is -0.394 e. The molecule has 4 nitrogen and oxygen atoms in total. The Hall–Kier alpha value is -0.450. The van der Waals surface area contributed by atoms with Crippen LogP contribution in [0.2, 0.25) is 0 Å². The Kier molecular flexibility index (Phi) is 4.57. The molecule has 26 heavy (non-hydrogen) atoms. The van der Waals surface area contributed by atoms with Gasteiger partial charge in [0, 0.05) is 11.8 Å². The van der Waals surface area contributed by atoms with E-state index in [2.05, 4.69) is 20.8 Å². The standard InChI is InChI=1S/C22H36O4/c1-20-8-6-14-12-15(24)16(26-11-10-23)13-22(14,3)18(20)7-9-21(2)17(20)4-5-19(21)25/h14-18,23-24H,4-13H2,1-3H3/t14-,15-,16-,17-,18-,20-,21-,22-/m0/s1. The first-order valence-corrected chi connectivity index (χ1v) is 10.7. The number of hydrogen-bond donors (Lipinski definition) is 2. The molecule has 148 valence electrons. The average Bonchev–Trinajstić information content (AvgIpc) is 2.90. The van der Waals surface area contributed by atoms with Crippen molar-refractivity contribution in [3.8, 4) is 0 Å². The third-order valence-electron chi connectivity index (χ3n) is 9.39. The molecular formula is C22H36O4. The van der Waals surface area contributed by atoms with Crippen LogP contribution >= 0.6 is 0 Å². The summed E-state index contributed by atoms with van der Waals surface area (Å²) in [5, 5.41) is 19.7. The van der Waals surface area contributed by atoms with Crippen molar-refractivity contribution in [1.29, 1.82) is 0 Å². The zero-order chi connectivity index (χ0) is 18.7. The van der Waals surface area contributed by atoms with Crippen LogP contribution in [0.1, 0.15) is 72.1 Å². The first-order valence-electron chi connectivity index (χ1n) is 10.7. The van der Waals surface area contributed by atoms with Crippen molar-refractivity contribution in [3.63, 3.8) is 0 Å². The largest absolute Gasteiger partial charge is 0.394 e. The Morgan fingerprint density at radius 3 is 2.58 bits per heavy atom. The third-order valence-corrected chi connectivity index (χ3v) is 9.39. The van der Waals surface area contributed by atoms with E-state index in [0.717, 1.165) is 44.9 Å². The van der Waals surface area contributed by atoms with Crippen molar-refractivity contribution in [1.82, 2.24) is 0 Å². The van der Waals surface area contributed by atoms with Gasteiger partial charge >= 0.3 is 0 Å². The van der Waals surface area contributed by atoms with Crippen molar-refractivity contribution >= 4 is 5.78 Å². The molecule has 0 saturated heterocycles. The number of Topliss-reactive ketones (excluding diaryl/α,β-unsaturated/α-hetero) is 1. The summed E-state index contributed by atoms with van der Waals surface area (Å²) in [7, 11) is 0. The molecule has 4 saturated carbocycles. The first kappa shape index (κ1) is 18.9. The maximum atomic E-state index is 12.6. The molecule has 0 amide bonds. The molecule has 4 heteroatoms. The molecule has 0 aromatic heterocycles. The molecule has 0 unspecified atom stereocenters. The monoisotopic (exact) mass is 364 g/mol. The van der Waals surface area contributed by atoms with Gasteiger partial charge in [0.05, 0.1) is 25.4 Å². The summed E-state index contributed by atoms with van der Waals surface area (Å²) in [4.78, 5) is 12.6. The summed E-state index contributed by atoms with van der Waals surface area (Å²) >= 11 is 0. The summed E-state index contributed by atoms with van der Waals surface area (Å²) in [5.41, 5.74) is 0.295. The van der Waals surface area contributed by atoms with Gasteiger partial charge in [-0.2, -0.15) is 0 Å². The molecular weight excluding hydrogens is 328 g/mol. The third kappa shape index (κ3) is 2.48. The molecule has 0 heterocycles. The number of carbonyl (C=O) groups is 1. The quantitative estimate of drug-likeness (QED) is 0.806. The average molecular weight is 365 g/mol. The molecule has 8 atom stereocenters. The van der Waals surface area contributed by atoms with Gasteiger partial charge in [0.1, 0.15) is 5.78 Å². The van der Waals surface area contributed by atoms with E-state index in [4.69, 9.17) is 9.84 Å². The summed E-state index contributed by atoms with van der Waals surface area (Å²) < 4.78 is 5.84. The van der Waals surface area contributed by atoms with Crippen molar-refractivity contribution in [2.75, 3.05) is 13.2 Å². The Balaban J connectivity index is 1.64. The van der Waals surface area contributed by atoms with Gasteiger partial charge < -0.3 is 14.9 Å². The van der Waals surface area contributed by atoms with Gasteiger partial charge in [0.2, 0.25) is 0 Å². The maximum absolute atomic E-state index is 12.6. The van der Waals surface area contributed by atoms with Crippen LogP contribution in [0.25, 0.3) is 0 Å². The minimum atomic E-state index is -0.411. The zero-order valence-corrected chi connectivity index (χ0v) is 16.7. The summed E-state index contributed by atoms with van der Waals surface area (Å²) in [6, 6.07) is 0. The van der Waals surface area contributed by atoms with Gasteiger partial charge in [-0.05, 0) is 73.5 Å². The van der Waals surface area contributed by atoms with Crippen molar-refractivity contribution in [2.24, 2.45) is 34.0 Å². The van der Waals surface area contributed by atoms with E-state index in [0.29, 0.717) is 30.1 Å². The fourth-order valence-electron chi connectivity index (χ4n) is 8.08. The SMILES string of the molecule is C[C@]12C[C@H](OCCO)[C@@H](O)C[C@@H]1CC[C@]1(C)[C@@H]2CC[C@]2(C)C(=O)CC[C@@H]12. The van der Waals surface area contributed by atoms with Crippen LogP contribution in [0, 0.1) is 34.0 Å². The molecule has 4 aliphatic carbocycles. The normalized spacial score (nSPS) is 53.7. The van der Waals surface area contributed by atoms with E-state index >= 15 is 0 Å². The molecule has 0 aromatic rings. The van der Waals surface area contributed by atoms with Crippen LogP contribution in [0.5, 0.6) is 0 Å². The lowest BCUT2D eigenvalue weighted by Gasteiger charge is -2.65. The fourth-order valence-corrected chi connectivity index (χ4v) is 8.08. The van der Waals surface area contributed by atoms with E-state index < -0.39 is 6.10 Å². The molecule has 0 aromatic carbocycles. The first-order chi connectivity index (χ1) is 12.3. The predicted octanol–water partition coefficient (Wildman–Crippen LogP) is 3.34.